The van der Waals surface area contributed by atoms with Gasteiger partial charge in [0.05, 0.1) is 17.4 Å². The van der Waals surface area contributed by atoms with Crippen molar-refractivity contribution < 1.29 is 0 Å². The van der Waals surface area contributed by atoms with Gasteiger partial charge in [-0.25, -0.2) is 4.68 Å². The van der Waals surface area contributed by atoms with Crippen molar-refractivity contribution in [2.24, 2.45) is 0 Å². The van der Waals surface area contributed by atoms with Crippen LogP contribution in [0.1, 0.15) is 39.0 Å². The first-order valence-electron chi connectivity index (χ1n) is 7.92. The van der Waals surface area contributed by atoms with Gasteiger partial charge >= 0.3 is 0 Å². The smallest absolute Gasteiger partial charge is 0.283 e. The third kappa shape index (κ3) is 2.63. The second-order valence-electron chi connectivity index (χ2n) is 6.08. The van der Waals surface area contributed by atoms with Gasteiger partial charge in [-0.05, 0) is 35.7 Å². The number of piperazine rings is 1. The molecule has 3 rings (SSSR count). The van der Waals surface area contributed by atoms with Gasteiger partial charge in [0.25, 0.3) is 5.56 Å². The fourth-order valence-corrected chi connectivity index (χ4v) is 4.27. The molecule has 116 valence electrons. The predicted octanol–water partition coefficient (Wildman–Crippen LogP) is 2.14. The van der Waals surface area contributed by atoms with E-state index in [-0.39, 0.29) is 11.1 Å². The summed E-state index contributed by atoms with van der Waals surface area (Å²) in [7, 11) is 0. The fraction of sp³-hybridized carbons (Fsp3) is 0.733. The molecule has 1 spiro atoms. The van der Waals surface area contributed by atoms with Crippen molar-refractivity contribution in [2.75, 3.05) is 24.5 Å². The Kier molecular flexibility index (Phi) is 4.36. The van der Waals surface area contributed by atoms with Gasteiger partial charge in [-0.3, -0.25) is 4.79 Å². The minimum Gasteiger partial charge on any atom is -0.361 e. The number of nitrogens with zero attached hydrogens (tertiary/aromatic N) is 3. The average molecular weight is 355 g/mol. The summed E-state index contributed by atoms with van der Waals surface area (Å²) in [6, 6.07) is 0. The van der Waals surface area contributed by atoms with Crippen LogP contribution >= 0.6 is 15.9 Å². The lowest BCUT2D eigenvalue weighted by molar-refractivity contribution is 0.240. The summed E-state index contributed by atoms with van der Waals surface area (Å²) in [5, 5.41) is 7.86. The largest absolute Gasteiger partial charge is 0.361 e. The Labute approximate surface area is 133 Å². The van der Waals surface area contributed by atoms with Crippen molar-refractivity contribution in [3.05, 3.63) is 21.0 Å². The number of hydrogen-bond acceptors (Lipinski definition) is 4. The molecule has 2 aliphatic rings. The Balaban J connectivity index is 2.01. The summed E-state index contributed by atoms with van der Waals surface area (Å²) in [4.78, 5) is 14.8. The van der Waals surface area contributed by atoms with E-state index in [2.05, 4.69) is 31.2 Å². The molecule has 2 fully saturated rings. The third-order valence-corrected chi connectivity index (χ3v) is 5.63. The maximum Gasteiger partial charge on any atom is 0.283 e. The van der Waals surface area contributed by atoms with Gasteiger partial charge in [-0.15, -0.1) is 0 Å². The summed E-state index contributed by atoms with van der Waals surface area (Å²) < 4.78 is 2.16. The molecule has 0 unspecified atom stereocenters. The lowest BCUT2D eigenvalue weighted by Gasteiger charge is -2.51. The SMILES string of the molecule is CCn1ncc(N2CCNCC23CCCCC3)c(Br)c1=O. The Morgan fingerprint density at radius 1 is 1.38 bits per heavy atom. The van der Waals surface area contributed by atoms with Crippen LogP contribution < -0.4 is 15.8 Å². The highest BCUT2D eigenvalue weighted by atomic mass is 79.9. The van der Waals surface area contributed by atoms with Gasteiger partial charge in [-0.2, -0.15) is 5.10 Å². The molecule has 1 saturated carbocycles. The van der Waals surface area contributed by atoms with E-state index in [0.29, 0.717) is 11.0 Å². The highest BCUT2D eigenvalue weighted by molar-refractivity contribution is 9.10. The number of halogens is 1. The lowest BCUT2D eigenvalue weighted by atomic mass is 9.79. The Hall–Kier alpha value is -0.880. The van der Waals surface area contributed by atoms with Crippen molar-refractivity contribution in [2.45, 2.75) is 51.1 Å². The van der Waals surface area contributed by atoms with Gasteiger partial charge in [0, 0.05) is 26.2 Å². The summed E-state index contributed by atoms with van der Waals surface area (Å²) in [6.45, 7) is 5.45. The molecule has 0 radical (unpaired) electrons. The molecule has 1 aromatic rings. The molecule has 0 amide bonds. The van der Waals surface area contributed by atoms with E-state index in [1.165, 1.54) is 36.8 Å². The number of nitrogens with one attached hydrogen (secondary N) is 1. The minimum absolute atomic E-state index is 0.0282. The van der Waals surface area contributed by atoms with Crippen LogP contribution in [0.5, 0.6) is 0 Å². The van der Waals surface area contributed by atoms with Crippen LogP contribution in [0.2, 0.25) is 0 Å². The highest BCUT2D eigenvalue weighted by Gasteiger charge is 2.40. The zero-order valence-electron chi connectivity index (χ0n) is 12.6. The first-order valence-corrected chi connectivity index (χ1v) is 8.71. The molecule has 1 aromatic heterocycles. The zero-order chi connectivity index (χ0) is 14.9. The molecule has 0 aromatic carbocycles. The van der Waals surface area contributed by atoms with E-state index in [4.69, 9.17) is 0 Å². The maximum absolute atomic E-state index is 12.3. The van der Waals surface area contributed by atoms with Gasteiger partial charge in [0.2, 0.25) is 0 Å². The standard InChI is InChI=1S/C15H23BrN4O/c1-2-20-14(21)13(16)12(10-18-20)19-9-8-17-11-15(19)6-4-3-5-7-15/h10,17H,2-9,11H2,1H3. The monoisotopic (exact) mass is 354 g/mol. The summed E-state index contributed by atoms with van der Waals surface area (Å²) in [5.74, 6) is 0. The van der Waals surface area contributed by atoms with E-state index in [1.54, 1.807) is 0 Å². The summed E-state index contributed by atoms with van der Waals surface area (Å²) in [6.07, 6.45) is 8.13. The van der Waals surface area contributed by atoms with Crippen molar-refractivity contribution in [1.29, 1.82) is 0 Å². The molecule has 1 aliphatic carbocycles. The normalized spacial score (nSPS) is 21.7. The van der Waals surface area contributed by atoms with Crippen LogP contribution in [-0.2, 0) is 6.54 Å². The molecule has 2 heterocycles. The van der Waals surface area contributed by atoms with Gasteiger partial charge in [0.1, 0.15) is 4.47 Å². The molecule has 6 heteroatoms. The van der Waals surface area contributed by atoms with E-state index >= 15 is 0 Å². The van der Waals surface area contributed by atoms with Crippen LogP contribution in [-0.4, -0.2) is 35.0 Å². The number of aromatic nitrogens is 2. The van der Waals surface area contributed by atoms with Crippen molar-refractivity contribution >= 4 is 21.6 Å². The summed E-state index contributed by atoms with van der Waals surface area (Å²) >= 11 is 3.52. The van der Waals surface area contributed by atoms with E-state index < -0.39 is 0 Å². The minimum atomic E-state index is -0.0282. The van der Waals surface area contributed by atoms with Gasteiger partial charge in [-0.1, -0.05) is 19.3 Å². The number of anilines is 1. The van der Waals surface area contributed by atoms with Crippen molar-refractivity contribution in [1.82, 2.24) is 15.1 Å². The number of aryl methyl sites for hydroxylation is 1. The molecular formula is C15H23BrN4O. The van der Waals surface area contributed by atoms with Crippen LogP contribution in [0, 0.1) is 0 Å². The van der Waals surface area contributed by atoms with E-state index in [0.717, 1.165) is 25.3 Å². The Bertz CT molecular complexity index is 557. The third-order valence-electron chi connectivity index (χ3n) is 4.88. The van der Waals surface area contributed by atoms with Crippen LogP contribution in [0.4, 0.5) is 5.69 Å². The van der Waals surface area contributed by atoms with Crippen LogP contribution in [0.25, 0.3) is 0 Å². The highest BCUT2D eigenvalue weighted by Crippen LogP contribution is 2.39. The first kappa shape index (κ1) is 15.0. The predicted molar refractivity (Wildman–Crippen MR) is 87.9 cm³/mol. The molecule has 5 nitrogen and oxygen atoms in total. The molecule has 0 atom stereocenters. The second kappa shape index (κ2) is 6.08. The number of hydrogen-bond donors (Lipinski definition) is 1. The quantitative estimate of drug-likeness (QED) is 0.883. The molecule has 0 bridgehead atoms. The van der Waals surface area contributed by atoms with Crippen molar-refractivity contribution in [3.8, 4) is 0 Å². The first-order chi connectivity index (χ1) is 10.2. The second-order valence-corrected chi connectivity index (χ2v) is 6.87. The maximum atomic E-state index is 12.3. The number of rotatable bonds is 2. The van der Waals surface area contributed by atoms with Gasteiger partial charge < -0.3 is 10.2 Å². The van der Waals surface area contributed by atoms with E-state index in [9.17, 15) is 4.79 Å². The lowest BCUT2D eigenvalue weighted by Crippen LogP contribution is -2.62. The summed E-state index contributed by atoms with van der Waals surface area (Å²) in [5.41, 5.74) is 1.10. The Morgan fingerprint density at radius 3 is 2.86 bits per heavy atom. The van der Waals surface area contributed by atoms with Crippen molar-refractivity contribution in [3.63, 3.8) is 0 Å². The van der Waals surface area contributed by atoms with Gasteiger partial charge in [0.15, 0.2) is 0 Å². The molecule has 1 N–H and O–H groups in total. The zero-order valence-corrected chi connectivity index (χ0v) is 14.2. The van der Waals surface area contributed by atoms with Crippen LogP contribution in [0.15, 0.2) is 15.5 Å². The fourth-order valence-electron chi connectivity index (χ4n) is 3.75. The molecular weight excluding hydrogens is 332 g/mol. The molecule has 1 aliphatic heterocycles. The molecule has 1 saturated heterocycles. The Morgan fingerprint density at radius 2 is 2.14 bits per heavy atom. The molecule has 21 heavy (non-hydrogen) atoms. The van der Waals surface area contributed by atoms with Crippen LogP contribution in [0.3, 0.4) is 0 Å². The average Bonchev–Trinajstić information content (AvgIpc) is 2.52. The van der Waals surface area contributed by atoms with E-state index in [1.807, 2.05) is 13.1 Å². The topological polar surface area (TPSA) is 50.2 Å².